The number of rotatable bonds is 4. The Kier molecular flexibility index (Phi) is 4.53. The van der Waals surface area contributed by atoms with Crippen molar-refractivity contribution in [2.24, 2.45) is 10.2 Å². The first kappa shape index (κ1) is 13.6. The van der Waals surface area contributed by atoms with Gasteiger partial charge in [0.05, 0.1) is 11.4 Å². The smallest absolute Gasteiger partial charge is 0.0860 e. The van der Waals surface area contributed by atoms with Gasteiger partial charge in [0.15, 0.2) is 0 Å². The van der Waals surface area contributed by atoms with E-state index in [9.17, 15) is 0 Å². The van der Waals surface area contributed by atoms with Gasteiger partial charge in [-0.25, -0.2) is 0 Å². The van der Waals surface area contributed by atoms with Crippen LogP contribution in [0.25, 0.3) is 0 Å². The average Bonchev–Trinajstić information content (AvgIpc) is 2.46. The molecule has 2 aromatic rings. The largest absolute Gasteiger partial charge is 0.378 e. The van der Waals surface area contributed by atoms with Gasteiger partial charge < -0.3 is 4.90 Å². The molecular formula is C15H16ClN3. The Morgan fingerprint density at radius 2 is 1.63 bits per heavy atom. The zero-order valence-corrected chi connectivity index (χ0v) is 11.8. The Labute approximate surface area is 118 Å². The highest BCUT2D eigenvalue weighted by atomic mass is 35.5. The van der Waals surface area contributed by atoms with E-state index >= 15 is 0 Å². The maximum atomic E-state index is 5.79. The molecule has 0 saturated carbocycles. The molecule has 4 heteroatoms. The molecular weight excluding hydrogens is 258 g/mol. The summed E-state index contributed by atoms with van der Waals surface area (Å²) in [6.07, 6.45) is 0. The fraction of sp³-hybridized carbons (Fsp3) is 0.200. The molecule has 0 atom stereocenters. The van der Waals surface area contributed by atoms with Crippen LogP contribution >= 0.6 is 11.6 Å². The standard InChI is InChI=1S/C15H16ClN3/c1-19(2)15-8-6-13(7-9-15)17-18-14-5-3-4-12(10-14)11-16/h3-10H,11H2,1-2H3. The van der Waals surface area contributed by atoms with E-state index in [1.807, 2.05) is 67.5 Å². The van der Waals surface area contributed by atoms with Crippen LogP contribution in [0.3, 0.4) is 0 Å². The summed E-state index contributed by atoms with van der Waals surface area (Å²) in [4.78, 5) is 2.05. The molecule has 2 aromatic carbocycles. The molecule has 0 unspecified atom stereocenters. The van der Waals surface area contributed by atoms with Crippen LogP contribution in [0.4, 0.5) is 17.1 Å². The number of alkyl halides is 1. The van der Waals surface area contributed by atoms with Crippen LogP contribution in [0.2, 0.25) is 0 Å². The van der Waals surface area contributed by atoms with Crippen molar-refractivity contribution in [1.82, 2.24) is 0 Å². The fourth-order valence-corrected chi connectivity index (χ4v) is 1.80. The molecule has 0 aliphatic rings. The van der Waals surface area contributed by atoms with Crippen molar-refractivity contribution in [2.45, 2.75) is 5.88 Å². The zero-order chi connectivity index (χ0) is 13.7. The van der Waals surface area contributed by atoms with Gasteiger partial charge in [0.1, 0.15) is 0 Å². The lowest BCUT2D eigenvalue weighted by molar-refractivity contribution is 1.13. The molecule has 0 fully saturated rings. The van der Waals surface area contributed by atoms with E-state index in [0.717, 1.165) is 22.6 Å². The summed E-state index contributed by atoms with van der Waals surface area (Å²) < 4.78 is 0. The van der Waals surface area contributed by atoms with Gasteiger partial charge in [-0.2, -0.15) is 10.2 Å². The van der Waals surface area contributed by atoms with Crippen LogP contribution in [0.15, 0.2) is 58.8 Å². The molecule has 0 heterocycles. The number of azo groups is 1. The number of hydrogen-bond acceptors (Lipinski definition) is 3. The van der Waals surface area contributed by atoms with Crippen molar-refractivity contribution in [3.63, 3.8) is 0 Å². The minimum absolute atomic E-state index is 0.487. The number of nitrogens with zero attached hydrogens (tertiary/aromatic N) is 3. The Morgan fingerprint density at radius 3 is 2.26 bits per heavy atom. The topological polar surface area (TPSA) is 28.0 Å². The van der Waals surface area contributed by atoms with Crippen molar-refractivity contribution in [1.29, 1.82) is 0 Å². The Bertz CT molecular complexity index is 562. The molecule has 3 nitrogen and oxygen atoms in total. The van der Waals surface area contributed by atoms with Gasteiger partial charge in [-0.3, -0.25) is 0 Å². The van der Waals surface area contributed by atoms with E-state index in [-0.39, 0.29) is 0 Å². The van der Waals surface area contributed by atoms with Gasteiger partial charge in [-0.05, 0) is 42.0 Å². The summed E-state index contributed by atoms with van der Waals surface area (Å²) in [5, 5.41) is 8.43. The van der Waals surface area contributed by atoms with Crippen LogP contribution in [-0.4, -0.2) is 14.1 Å². The summed E-state index contributed by atoms with van der Waals surface area (Å²) in [6.45, 7) is 0. The first-order valence-electron chi connectivity index (χ1n) is 6.03. The monoisotopic (exact) mass is 273 g/mol. The number of benzene rings is 2. The first-order valence-corrected chi connectivity index (χ1v) is 6.56. The van der Waals surface area contributed by atoms with Crippen molar-refractivity contribution in [3.05, 3.63) is 54.1 Å². The second-order valence-corrected chi connectivity index (χ2v) is 4.68. The van der Waals surface area contributed by atoms with Crippen molar-refractivity contribution in [3.8, 4) is 0 Å². The SMILES string of the molecule is CN(C)c1ccc(N=Nc2cccc(CCl)c2)cc1. The fourth-order valence-electron chi connectivity index (χ4n) is 1.63. The molecule has 0 bridgehead atoms. The maximum Gasteiger partial charge on any atom is 0.0860 e. The normalized spacial score (nSPS) is 10.9. The van der Waals surface area contributed by atoms with E-state index < -0.39 is 0 Å². The van der Waals surface area contributed by atoms with Gasteiger partial charge in [-0.15, -0.1) is 11.6 Å². The minimum Gasteiger partial charge on any atom is -0.378 e. The molecule has 98 valence electrons. The third kappa shape index (κ3) is 3.80. The predicted molar refractivity (Wildman–Crippen MR) is 80.9 cm³/mol. The van der Waals surface area contributed by atoms with E-state index in [1.165, 1.54) is 0 Å². The molecule has 0 spiro atoms. The Balaban J connectivity index is 2.13. The number of halogens is 1. The molecule has 0 amide bonds. The average molecular weight is 274 g/mol. The summed E-state index contributed by atoms with van der Waals surface area (Å²) in [7, 11) is 4.02. The number of hydrogen-bond donors (Lipinski definition) is 0. The van der Waals surface area contributed by atoms with Gasteiger partial charge >= 0.3 is 0 Å². The van der Waals surface area contributed by atoms with Crippen molar-refractivity contribution in [2.75, 3.05) is 19.0 Å². The van der Waals surface area contributed by atoms with Crippen LogP contribution in [0, 0.1) is 0 Å². The Hall–Kier alpha value is -1.87. The van der Waals surface area contributed by atoms with Gasteiger partial charge in [0, 0.05) is 25.7 Å². The first-order chi connectivity index (χ1) is 9.19. The lowest BCUT2D eigenvalue weighted by Gasteiger charge is -2.11. The zero-order valence-electron chi connectivity index (χ0n) is 11.0. The third-order valence-electron chi connectivity index (χ3n) is 2.71. The molecule has 2 rings (SSSR count). The second kappa shape index (κ2) is 6.34. The van der Waals surface area contributed by atoms with Gasteiger partial charge in [0.25, 0.3) is 0 Å². The summed E-state index contributed by atoms with van der Waals surface area (Å²) in [5.41, 5.74) is 3.83. The quantitative estimate of drug-likeness (QED) is 0.575. The van der Waals surface area contributed by atoms with Crippen LogP contribution in [0.5, 0.6) is 0 Å². The Morgan fingerprint density at radius 1 is 0.947 bits per heavy atom. The number of anilines is 1. The van der Waals surface area contributed by atoms with Crippen molar-refractivity contribution < 1.29 is 0 Å². The predicted octanol–water partition coefficient (Wildman–Crippen LogP) is 4.91. The molecule has 0 aromatic heterocycles. The highest BCUT2D eigenvalue weighted by Crippen LogP contribution is 2.22. The third-order valence-corrected chi connectivity index (χ3v) is 3.02. The van der Waals surface area contributed by atoms with Crippen LogP contribution < -0.4 is 4.90 Å². The van der Waals surface area contributed by atoms with E-state index in [1.54, 1.807) is 0 Å². The molecule has 0 radical (unpaired) electrons. The lowest BCUT2D eigenvalue weighted by Crippen LogP contribution is -2.07. The molecule has 0 aliphatic heterocycles. The second-order valence-electron chi connectivity index (χ2n) is 4.41. The van der Waals surface area contributed by atoms with Crippen molar-refractivity contribution >= 4 is 28.7 Å². The summed E-state index contributed by atoms with van der Waals surface area (Å²) in [5.74, 6) is 0.487. The lowest BCUT2D eigenvalue weighted by atomic mass is 10.2. The molecule has 19 heavy (non-hydrogen) atoms. The van der Waals surface area contributed by atoms with E-state index in [2.05, 4.69) is 10.2 Å². The maximum absolute atomic E-state index is 5.79. The molecule has 0 saturated heterocycles. The molecule has 0 N–H and O–H groups in total. The van der Waals surface area contributed by atoms with E-state index in [4.69, 9.17) is 11.6 Å². The minimum atomic E-state index is 0.487. The van der Waals surface area contributed by atoms with Crippen LogP contribution in [0.1, 0.15) is 5.56 Å². The summed E-state index contributed by atoms with van der Waals surface area (Å²) >= 11 is 5.79. The highest BCUT2D eigenvalue weighted by Gasteiger charge is 1.96. The van der Waals surface area contributed by atoms with Gasteiger partial charge in [0.2, 0.25) is 0 Å². The highest BCUT2D eigenvalue weighted by molar-refractivity contribution is 6.17. The molecule has 0 aliphatic carbocycles. The summed E-state index contributed by atoms with van der Waals surface area (Å²) in [6, 6.07) is 15.7. The van der Waals surface area contributed by atoms with Crippen LogP contribution in [-0.2, 0) is 5.88 Å². The van der Waals surface area contributed by atoms with E-state index in [0.29, 0.717) is 5.88 Å². The van der Waals surface area contributed by atoms with Gasteiger partial charge in [-0.1, -0.05) is 12.1 Å².